The average Bonchev–Trinajstić information content (AvgIpc) is 3.28. The topological polar surface area (TPSA) is 102 Å². The zero-order chi connectivity index (χ0) is 45.6. The van der Waals surface area contributed by atoms with E-state index < -0.39 is 13.7 Å². The first-order valence-corrected chi connectivity index (χ1v) is 24.6. The molecule has 4 aromatic carbocycles. The van der Waals surface area contributed by atoms with Crippen molar-refractivity contribution in [3.8, 4) is 46.8 Å². The number of ketones is 1. The minimum atomic E-state index is -1.52. The summed E-state index contributed by atoms with van der Waals surface area (Å²) in [5, 5.41) is 9.41. The molecular weight excluding hydrogens is 797 g/mol. The van der Waals surface area contributed by atoms with Gasteiger partial charge in [-0.2, -0.15) is 0 Å². The molecule has 0 saturated carbocycles. The highest BCUT2D eigenvalue weighted by Gasteiger charge is 2.43. The summed E-state index contributed by atoms with van der Waals surface area (Å²) in [7, 11) is 5.06. The van der Waals surface area contributed by atoms with Crippen LogP contribution in [-0.4, -0.2) is 74.1 Å². The van der Waals surface area contributed by atoms with Crippen molar-refractivity contribution in [2.24, 2.45) is 0 Å². The maximum absolute atomic E-state index is 12.9. The Labute approximate surface area is 374 Å². The normalized spacial score (nSPS) is 19.0. The third-order valence-electron chi connectivity index (χ3n) is 12.7. The summed E-state index contributed by atoms with van der Waals surface area (Å²) in [5.41, 5.74) is 3.19. The smallest absolute Gasteiger partial charge is 0.191 e. The van der Waals surface area contributed by atoms with E-state index in [1.807, 2.05) is 55.5 Å². The summed E-state index contributed by atoms with van der Waals surface area (Å²) >= 11 is 0. The standard InChI is InChI=1S/C23H30O4.C18H18O4.C11H22OSi.H2/c1-23(17-8-10-18(25-2)11-9-17)16-27-22-15-19(26-3)12-13-20(22)21(23)7-5-4-6-14-24;1-18(12-4-6-13(20-2)7-5-12)11-22-16-10-14(21-3)8-9-15(16)17(18)19;1-7-8-9-10-12-13(5,6)11(2,3)4;/h8-13,15,21,24H,4-7,14,16H2,1-3H3;4-10H,11H2,1-3H3;1H,8-10H2,2-6H3;1H. The first-order valence-electron chi connectivity index (χ1n) is 21.7. The van der Waals surface area contributed by atoms with Gasteiger partial charge in [-0.25, -0.2) is 0 Å². The highest BCUT2D eigenvalue weighted by Crippen LogP contribution is 2.50. The Hall–Kier alpha value is -4.95. The first-order chi connectivity index (χ1) is 29.5. The fraction of sp³-hybridized carbons (Fsp3) is 0.481. The van der Waals surface area contributed by atoms with Gasteiger partial charge in [0, 0.05) is 44.5 Å². The second-order valence-electron chi connectivity index (χ2n) is 17.9. The third kappa shape index (κ3) is 12.1. The Morgan fingerprint density at radius 2 is 1.27 bits per heavy atom. The molecule has 9 nitrogen and oxygen atoms in total. The third-order valence-corrected chi connectivity index (χ3v) is 17.2. The molecule has 338 valence electrons. The Kier molecular flexibility index (Phi) is 18.0. The maximum atomic E-state index is 12.9. The number of hydrogen-bond donors (Lipinski definition) is 1. The van der Waals surface area contributed by atoms with Crippen LogP contribution in [-0.2, 0) is 15.3 Å². The second kappa shape index (κ2) is 22.4. The summed E-state index contributed by atoms with van der Waals surface area (Å²) in [4.78, 5) is 12.9. The summed E-state index contributed by atoms with van der Waals surface area (Å²) < 4.78 is 39.0. The number of benzene rings is 4. The Bertz CT molecular complexity index is 2070. The SMILES string of the molecule is C#CCCCO[Si](C)(C)C(C)(C)C.COc1ccc(C2(C)COc3cc(OC)ccc3C2=O)cc1.COc1ccc(C2(C)COc3cc(OC)ccc3C2CCCCCO)cc1.[HH]. The van der Waals surface area contributed by atoms with Crippen molar-refractivity contribution in [2.45, 2.75) is 108 Å². The minimum Gasteiger partial charge on any atom is -0.497 e. The van der Waals surface area contributed by atoms with Crippen molar-refractivity contribution in [3.63, 3.8) is 0 Å². The number of fused-ring (bicyclic) bond motifs is 2. The molecule has 62 heavy (non-hydrogen) atoms. The zero-order valence-electron chi connectivity index (χ0n) is 39.0. The van der Waals surface area contributed by atoms with Gasteiger partial charge in [-0.15, -0.1) is 12.3 Å². The molecule has 0 saturated heterocycles. The lowest BCUT2D eigenvalue weighted by molar-refractivity contribution is 0.0791. The molecule has 3 unspecified atom stereocenters. The predicted molar refractivity (Wildman–Crippen MR) is 254 cm³/mol. The predicted octanol–water partition coefficient (Wildman–Crippen LogP) is 11.6. The Morgan fingerprint density at radius 1 is 0.742 bits per heavy atom. The van der Waals surface area contributed by atoms with Gasteiger partial charge in [0.15, 0.2) is 14.1 Å². The van der Waals surface area contributed by atoms with Gasteiger partial charge in [0.2, 0.25) is 0 Å². The van der Waals surface area contributed by atoms with E-state index in [1.165, 1.54) is 11.1 Å². The quantitative estimate of drug-likeness (QED) is 0.0711. The molecule has 6 rings (SSSR count). The number of hydrogen-bond acceptors (Lipinski definition) is 9. The van der Waals surface area contributed by atoms with Gasteiger partial charge in [0.25, 0.3) is 0 Å². The van der Waals surface area contributed by atoms with Gasteiger partial charge < -0.3 is 38.0 Å². The molecule has 3 atom stereocenters. The lowest BCUT2D eigenvalue weighted by Crippen LogP contribution is -2.42. The highest BCUT2D eigenvalue weighted by atomic mass is 28.4. The molecule has 2 aliphatic rings. The fourth-order valence-corrected chi connectivity index (χ4v) is 8.59. The van der Waals surface area contributed by atoms with E-state index in [-0.39, 0.29) is 19.2 Å². The maximum Gasteiger partial charge on any atom is 0.191 e. The minimum absolute atomic E-state index is 0. The summed E-state index contributed by atoms with van der Waals surface area (Å²) in [6.45, 7) is 17.5. The molecule has 0 radical (unpaired) electrons. The summed E-state index contributed by atoms with van der Waals surface area (Å²) in [5.74, 6) is 7.66. The largest absolute Gasteiger partial charge is 0.497 e. The van der Waals surface area contributed by atoms with E-state index in [2.05, 4.69) is 64.9 Å². The molecule has 0 aromatic heterocycles. The van der Waals surface area contributed by atoms with Gasteiger partial charge in [-0.05, 0) is 103 Å². The molecule has 0 bridgehead atoms. The number of rotatable bonds is 15. The zero-order valence-corrected chi connectivity index (χ0v) is 40.0. The first kappa shape index (κ1) is 49.7. The number of aliphatic hydroxyl groups excluding tert-OH is 1. The van der Waals surface area contributed by atoms with Crippen LogP contribution in [0, 0.1) is 12.3 Å². The van der Waals surface area contributed by atoms with Gasteiger partial charge in [-0.1, -0.05) is 70.9 Å². The molecule has 0 aliphatic carbocycles. The molecule has 2 heterocycles. The molecule has 2 aliphatic heterocycles. The Morgan fingerprint density at radius 3 is 1.82 bits per heavy atom. The molecule has 1 N–H and O–H groups in total. The van der Waals surface area contributed by atoms with Crippen molar-refractivity contribution in [2.75, 3.05) is 54.9 Å². The summed E-state index contributed by atoms with van der Waals surface area (Å²) in [6, 6.07) is 27.3. The van der Waals surface area contributed by atoms with Gasteiger partial charge in [0.1, 0.15) is 41.1 Å². The molecule has 0 amide bonds. The van der Waals surface area contributed by atoms with Crippen LogP contribution in [0.3, 0.4) is 0 Å². The van der Waals surface area contributed by atoms with Crippen molar-refractivity contribution < 1.29 is 44.2 Å². The van der Waals surface area contributed by atoms with Crippen LogP contribution in [0.25, 0.3) is 0 Å². The molecule has 0 spiro atoms. The van der Waals surface area contributed by atoms with E-state index in [0.717, 1.165) is 73.7 Å². The number of carbonyl (C=O) groups excluding carboxylic acids is 1. The highest BCUT2D eigenvalue weighted by molar-refractivity contribution is 6.74. The fourth-order valence-electron chi connectivity index (χ4n) is 7.51. The van der Waals surface area contributed by atoms with Crippen LogP contribution in [0.1, 0.15) is 108 Å². The number of methoxy groups -OCH3 is 4. The number of unbranched alkanes of at least 4 members (excludes halogenated alkanes) is 3. The molecule has 0 fully saturated rings. The van der Waals surface area contributed by atoms with Crippen LogP contribution >= 0.6 is 0 Å². The van der Waals surface area contributed by atoms with Crippen molar-refractivity contribution >= 4 is 14.1 Å². The van der Waals surface area contributed by atoms with Crippen LogP contribution < -0.4 is 28.4 Å². The van der Waals surface area contributed by atoms with Crippen molar-refractivity contribution in [1.82, 2.24) is 0 Å². The second-order valence-corrected chi connectivity index (χ2v) is 22.7. The van der Waals surface area contributed by atoms with Gasteiger partial charge in [-0.3, -0.25) is 4.79 Å². The van der Waals surface area contributed by atoms with Crippen LogP contribution in [0.15, 0.2) is 84.9 Å². The molecular formula is C52H72O9Si. The number of ether oxygens (including phenoxy) is 6. The van der Waals surface area contributed by atoms with Crippen LogP contribution in [0.2, 0.25) is 18.1 Å². The number of terminal acetylenes is 1. The van der Waals surface area contributed by atoms with E-state index in [0.29, 0.717) is 41.2 Å². The van der Waals surface area contributed by atoms with Gasteiger partial charge in [0.05, 0.1) is 46.0 Å². The average molecular weight is 869 g/mol. The Balaban J connectivity index is 0.000000265. The summed E-state index contributed by atoms with van der Waals surface area (Å²) in [6.07, 6.45) is 11.0. The lowest BCUT2D eigenvalue weighted by Gasteiger charge is -2.43. The van der Waals surface area contributed by atoms with Crippen LogP contribution in [0.5, 0.6) is 34.5 Å². The van der Waals surface area contributed by atoms with E-state index in [1.54, 1.807) is 46.6 Å². The van der Waals surface area contributed by atoms with Crippen molar-refractivity contribution in [3.05, 3.63) is 107 Å². The van der Waals surface area contributed by atoms with E-state index >= 15 is 0 Å². The van der Waals surface area contributed by atoms with Gasteiger partial charge >= 0.3 is 0 Å². The lowest BCUT2D eigenvalue weighted by atomic mass is 9.66. The van der Waals surface area contributed by atoms with E-state index in [4.69, 9.17) is 44.4 Å². The molecule has 10 heteroatoms. The number of Topliss-reactive ketones (excluding diaryl/α,β-unsaturated/α-hetero) is 1. The monoisotopic (exact) mass is 868 g/mol. The van der Waals surface area contributed by atoms with E-state index in [9.17, 15) is 4.79 Å². The van der Waals surface area contributed by atoms with Crippen molar-refractivity contribution in [1.29, 1.82) is 0 Å². The van der Waals surface area contributed by atoms with Crippen LogP contribution in [0.4, 0.5) is 0 Å². The number of aliphatic hydroxyl groups is 1. The number of carbonyl (C=O) groups is 1. The molecule has 4 aromatic rings.